The molecule has 14 heavy (non-hydrogen) atoms. The van der Waals surface area contributed by atoms with E-state index in [2.05, 4.69) is 6.92 Å². The van der Waals surface area contributed by atoms with Crippen LogP contribution in [0.3, 0.4) is 0 Å². The highest BCUT2D eigenvalue weighted by Crippen LogP contribution is 1.99. The Kier molecular flexibility index (Phi) is 16.7. The maximum absolute atomic E-state index is 9.77. The Bertz CT molecular complexity index is 119. The largest absolute Gasteiger partial charge is 0.303 e. The second-order valence-electron chi connectivity index (χ2n) is 3.81. The van der Waals surface area contributed by atoms with Gasteiger partial charge in [-0.3, -0.25) is 0 Å². The molecule has 0 amide bonds. The van der Waals surface area contributed by atoms with Crippen molar-refractivity contribution < 1.29 is 9.59 Å². The summed E-state index contributed by atoms with van der Waals surface area (Å²) >= 11 is 0. The van der Waals surface area contributed by atoms with E-state index in [1.807, 2.05) is 13.8 Å². The van der Waals surface area contributed by atoms with Crippen LogP contribution in [0.15, 0.2) is 0 Å². The van der Waals surface area contributed by atoms with Gasteiger partial charge >= 0.3 is 0 Å². The molecule has 0 fully saturated rings. The van der Waals surface area contributed by atoms with Gasteiger partial charge in [-0.05, 0) is 12.3 Å². The van der Waals surface area contributed by atoms with Crippen molar-refractivity contribution in [2.45, 2.75) is 59.3 Å². The fourth-order valence-electron chi connectivity index (χ4n) is 0.847. The summed E-state index contributed by atoms with van der Waals surface area (Å²) < 4.78 is 0. The minimum Gasteiger partial charge on any atom is -0.303 e. The van der Waals surface area contributed by atoms with Gasteiger partial charge in [-0.25, -0.2) is 0 Å². The summed E-state index contributed by atoms with van der Waals surface area (Å²) in [6.07, 6.45) is 8.21. The van der Waals surface area contributed by atoms with Gasteiger partial charge in [0.1, 0.15) is 12.6 Å². The van der Waals surface area contributed by atoms with Gasteiger partial charge in [0.2, 0.25) is 0 Å². The van der Waals surface area contributed by atoms with Crippen LogP contribution in [0.5, 0.6) is 0 Å². The van der Waals surface area contributed by atoms with Crippen LogP contribution in [0, 0.1) is 5.92 Å². The quantitative estimate of drug-likeness (QED) is 0.466. The summed E-state index contributed by atoms with van der Waals surface area (Å²) in [5, 5.41) is 0. The van der Waals surface area contributed by atoms with Gasteiger partial charge in [0.05, 0.1) is 0 Å². The third kappa shape index (κ3) is 22.5. The van der Waals surface area contributed by atoms with E-state index in [9.17, 15) is 9.59 Å². The van der Waals surface area contributed by atoms with E-state index in [1.165, 1.54) is 19.3 Å². The van der Waals surface area contributed by atoms with Gasteiger partial charge in [-0.15, -0.1) is 0 Å². The maximum Gasteiger partial charge on any atom is 0.120 e. The van der Waals surface area contributed by atoms with E-state index >= 15 is 0 Å². The summed E-state index contributed by atoms with van der Waals surface area (Å²) in [4.78, 5) is 19.4. The smallest absolute Gasteiger partial charge is 0.120 e. The molecule has 2 heteroatoms. The Morgan fingerprint density at radius 1 is 1.00 bits per heavy atom. The number of carbonyl (C=O) groups excluding carboxylic acids is 2. The number of carbonyl (C=O) groups is 2. The van der Waals surface area contributed by atoms with Gasteiger partial charge < -0.3 is 9.59 Å². The van der Waals surface area contributed by atoms with Crippen molar-refractivity contribution in [3.05, 3.63) is 0 Å². The molecule has 0 aliphatic heterocycles. The molecule has 0 unspecified atom stereocenters. The van der Waals surface area contributed by atoms with Gasteiger partial charge in [0, 0.05) is 12.8 Å². The molecule has 0 atom stereocenters. The molecule has 0 N–H and O–H groups in total. The number of hydrogen-bond donors (Lipinski definition) is 0. The van der Waals surface area contributed by atoms with Crippen LogP contribution in [0.2, 0.25) is 0 Å². The molecule has 0 aliphatic carbocycles. The highest BCUT2D eigenvalue weighted by atomic mass is 16.1. The molecule has 0 saturated heterocycles. The molecule has 2 nitrogen and oxygen atoms in total. The Hall–Kier alpha value is -0.660. The molecule has 0 rings (SSSR count). The van der Waals surface area contributed by atoms with Crippen molar-refractivity contribution in [1.29, 1.82) is 0 Å². The average molecular weight is 200 g/mol. The van der Waals surface area contributed by atoms with Crippen molar-refractivity contribution in [3.63, 3.8) is 0 Å². The van der Waals surface area contributed by atoms with Gasteiger partial charge in [0.25, 0.3) is 0 Å². The highest BCUT2D eigenvalue weighted by molar-refractivity contribution is 5.49. The molecule has 0 radical (unpaired) electrons. The third-order valence-corrected chi connectivity index (χ3v) is 1.74. The molecular weight excluding hydrogens is 176 g/mol. The minimum absolute atomic E-state index is 0.530. The van der Waals surface area contributed by atoms with E-state index < -0.39 is 0 Å². The van der Waals surface area contributed by atoms with Crippen molar-refractivity contribution in [2.24, 2.45) is 5.92 Å². The summed E-state index contributed by atoms with van der Waals surface area (Å²) in [7, 11) is 0. The SMILES string of the molecule is CC(C)CC=O.CCCCCCC=O. The van der Waals surface area contributed by atoms with Gasteiger partial charge in [-0.1, -0.05) is 40.0 Å². The maximum atomic E-state index is 9.77. The van der Waals surface area contributed by atoms with Crippen LogP contribution in [0.4, 0.5) is 0 Å². The first-order valence-corrected chi connectivity index (χ1v) is 5.56. The van der Waals surface area contributed by atoms with E-state index in [0.717, 1.165) is 25.4 Å². The number of unbranched alkanes of at least 4 members (excludes halogenated alkanes) is 4. The van der Waals surface area contributed by atoms with E-state index in [-0.39, 0.29) is 0 Å². The first-order valence-electron chi connectivity index (χ1n) is 5.56. The van der Waals surface area contributed by atoms with Crippen LogP contribution >= 0.6 is 0 Å². The number of aldehydes is 2. The lowest BCUT2D eigenvalue weighted by Crippen LogP contribution is -1.84. The summed E-state index contributed by atoms with van der Waals surface area (Å²) in [5.74, 6) is 0.530. The highest BCUT2D eigenvalue weighted by Gasteiger charge is 1.86. The van der Waals surface area contributed by atoms with Crippen LogP contribution in [-0.2, 0) is 9.59 Å². The lowest BCUT2D eigenvalue weighted by molar-refractivity contribution is -0.109. The van der Waals surface area contributed by atoms with E-state index in [0.29, 0.717) is 12.3 Å². The topological polar surface area (TPSA) is 34.1 Å². The van der Waals surface area contributed by atoms with Crippen molar-refractivity contribution in [3.8, 4) is 0 Å². The van der Waals surface area contributed by atoms with Crippen molar-refractivity contribution in [2.75, 3.05) is 0 Å². The summed E-state index contributed by atoms with van der Waals surface area (Å²) in [6, 6.07) is 0. The zero-order chi connectivity index (χ0) is 11.2. The Morgan fingerprint density at radius 2 is 1.64 bits per heavy atom. The molecule has 0 bridgehead atoms. The fourth-order valence-corrected chi connectivity index (χ4v) is 0.847. The molecule has 84 valence electrons. The van der Waals surface area contributed by atoms with E-state index in [4.69, 9.17) is 0 Å². The molecular formula is C12H24O2. The summed E-state index contributed by atoms with van der Waals surface area (Å²) in [5.41, 5.74) is 0. The fraction of sp³-hybridized carbons (Fsp3) is 0.833. The third-order valence-electron chi connectivity index (χ3n) is 1.74. The van der Waals surface area contributed by atoms with E-state index in [1.54, 1.807) is 0 Å². The predicted molar refractivity (Wildman–Crippen MR) is 60.3 cm³/mol. The molecule has 0 aromatic carbocycles. The number of hydrogen-bond acceptors (Lipinski definition) is 2. The van der Waals surface area contributed by atoms with Crippen molar-refractivity contribution >= 4 is 12.6 Å². The normalized spacial score (nSPS) is 9.14. The second kappa shape index (κ2) is 14.8. The first-order chi connectivity index (χ1) is 6.68. The first kappa shape index (κ1) is 15.8. The molecule has 0 saturated carbocycles. The lowest BCUT2D eigenvalue weighted by atomic mass is 10.2. The zero-order valence-corrected chi connectivity index (χ0v) is 9.79. The number of rotatable bonds is 7. The molecule has 0 heterocycles. The predicted octanol–water partition coefficient (Wildman–Crippen LogP) is 3.39. The van der Waals surface area contributed by atoms with Crippen LogP contribution in [0.1, 0.15) is 59.3 Å². The van der Waals surface area contributed by atoms with Crippen LogP contribution < -0.4 is 0 Å². The van der Waals surface area contributed by atoms with Crippen molar-refractivity contribution in [1.82, 2.24) is 0 Å². The average Bonchev–Trinajstić information content (AvgIpc) is 2.13. The molecule has 0 aromatic heterocycles. The Balaban J connectivity index is 0. The monoisotopic (exact) mass is 200 g/mol. The lowest BCUT2D eigenvalue weighted by Gasteiger charge is -1.90. The second-order valence-corrected chi connectivity index (χ2v) is 3.81. The molecule has 0 spiro atoms. The standard InChI is InChI=1S/C7H14O.C5H10O/c1-2-3-4-5-6-7-8;1-5(2)3-4-6/h7H,2-6H2,1H3;4-5H,3H2,1-2H3. The Labute approximate surface area is 88.1 Å². The summed E-state index contributed by atoms with van der Waals surface area (Å²) in [6.45, 7) is 6.21. The minimum atomic E-state index is 0.530. The Morgan fingerprint density at radius 3 is 1.93 bits per heavy atom. The van der Waals surface area contributed by atoms with Crippen LogP contribution in [0.25, 0.3) is 0 Å². The van der Waals surface area contributed by atoms with Gasteiger partial charge in [0.15, 0.2) is 0 Å². The molecule has 0 aliphatic rings. The van der Waals surface area contributed by atoms with Gasteiger partial charge in [-0.2, -0.15) is 0 Å². The zero-order valence-electron chi connectivity index (χ0n) is 9.79. The van der Waals surface area contributed by atoms with Crippen LogP contribution in [-0.4, -0.2) is 12.6 Å². The molecule has 0 aromatic rings.